The topological polar surface area (TPSA) is 12.0 Å². The van der Waals surface area contributed by atoms with E-state index in [1.54, 1.807) is 44.9 Å². The summed E-state index contributed by atoms with van der Waals surface area (Å²) in [7, 11) is 0. The Labute approximate surface area is 123 Å². The Hall–Kier alpha value is -0.0400. The van der Waals surface area contributed by atoms with Crippen LogP contribution in [-0.4, -0.2) is 12.6 Å². The zero-order chi connectivity index (χ0) is 13.1. The molecular formula is C19H29N. The molecule has 1 spiro atoms. The fourth-order valence-electron chi connectivity index (χ4n) is 9.22. The molecule has 110 valence electrons. The van der Waals surface area contributed by atoms with Gasteiger partial charge in [-0.1, -0.05) is 13.3 Å². The van der Waals surface area contributed by atoms with E-state index in [9.17, 15) is 0 Å². The third-order valence-electron chi connectivity index (χ3n) is 9.55. The summed E-state index contributed by atoms with van der Waals surface area (Å²) in [5, 5.41) is 4.12. The second-order valence-corrected chi connectivity index (χ2v) is 9.44. The van der Waals surface area contributed by atoms with Crippen LogP contribution in [0.25, 0.3) is 0 Å². The maximum absolute atomic E-state index is 4.12. The summed E-state index contributed by atoms with van der Waals surface area (Å²) in [5.74, 6) is 8.81. The van der Waals surface area contributed by atoms with Gasteiger partial charge in [-0.05, 0) is 97.8 Å². The molecule has 1 saturated heterocycles. The van der Waals surface area contributed by atoms with E-state index in [0.717, 1.165) is 58.8 Å². The van der Waals surface area contributed by atoms with Gasteiger partial charge in [0.2, 0.25) is 0 Å². The molecule has 0 aromatic carbocycles. The highest BCUT2D eigenvalue weighted by molar-refractivity contribution is 5.23. The van der Waals surface area contributed by atoms with Crippen molar-refractivity contribution in [2.24, 2.45) is 52.8 Å². The largest absolute Gasteiger partial charge is 0.313 e. The molecule has 0 aromatic rings. The summed E-state index contributed by atoms with van der Waals surface area (Å²) in [6, 6.07) is 0.944. The van der Waals surface area contributed by atoms with Crippen LogP contribution in [-0.2, 0) is 0 Å². The minimum atomic E-state index is 0.778. The molecule has 1 nitrogen and oxygen atoms in total. The first-order valence-electron chi connectivity index (χ1n) is 9.54. The molecule has 1 aliphatic heterocycles. The van der Waals surface area contributed by atoms with Gasteiger partial charge in [0, 0.05) is 6.04 Å². The Kier molecular flexibility index (Phi) is 2.00. The van der Waals surface area contributed by atoms with Crippen molar-refractivity contribution in [2.75, 3.05) is 6.54 Å². The molecule has 10 atom stereocenters. The number of nitrogens with one attached hydrogen (secondary N) is 1. The molecule has 1 N–H and O–H groups in total. The Morgan fingerprint density at radius 3 is 2.85 bits per heavy atom. The van der Waals surface area contributed by atoms with Crippen LogP contribution in [0.5, 0.6) is 0 Å². The van der Waals surface area contributed by atoms with Crippen LogP contribution in [0, 0.1) is 52.8 Å². The maximum atomic E-state index is 4.12. The molecule has 0 amide bonds. The Morgan fingerprint density at radius 2 is 1.90 bits per heavy atom. The number of hydrogen-bond acceptors (Lipinski definition) is 1. The third-order valence-corrected chi connectivity index (χ3v) is 9.55. The van der Waals surface area contributed by atoms with Gasteiger partial charge in [0.1, 0.15) is 0 Å². The van der Waals surface area contributed by atoms with Crippen LogP contribution in [0.4, 0.5) is 0 Å². The lowest BCUT2D eigenvalue weighted by molar-refractivity contribution is -0.0972. The standard InChI is InChI=1S/C19H29N/c1-10-11-4-5-13-14-8-15-12-3-2-6-19(15,18(14)20-9-12)16(7-11)17(10)13/h10-18,20H,2-9H2,1H3/t10?,11-,12-,13+,14+,15+,16+,17+,18+,19-/m0/s1. The lowest BCUT2D eigenvalue weighted by Gasteiger charge is -2.60. The highest BCUT2D eigenvalue weighted by Crippen LogP contribution is 2.75. The average Bonchev–Trinajstić information content (AvgIpc) is 2.75. The number of fused-ring (bicyclic) bond motifs is 2. The summed E-state index contributed by atoms with van der Waals surface area (Å²) in [6.07, 6.45) is 11.1. The normalized spacial score (nSPS) is 69.2. The molecule has 5 saturated carbocycles. The van der Waals surface area contributed by atoms with Crippen LogP contribution >= 0.6 is 0 Å². The Morgan fingerprint density at radius 1 is 0.950 bits per heavy atom. The zero-order valence-electron chi connectivity index (χ0n) is 12.9. The summed E-state index contributed by atoms with van der Waals surface area (Å²) < 4.78 is 0. The van der Waals surface area contributed by atoms with E-state index >= 15 is 0 Å². The molecule has 6 rings (SSSR count). The van der Waals surface area contributed by atoms with Gasteiger partial charge >= 0.3 is 0 Å². The van der Waals surface area contributed by atoms with Gasteiger partial charge in [0.15, 0.2) is 0 Å². The molecule has 0 aromatic heterocycles. The van der Waals surface area contributed by atoms with Gasteiger partial charge in [0.25, 0.3) is 0 Å². The van der Waals surface area contributed by atoms with Crippen molar-refractivity contribution in [2.45, 2.75) is 57.9 Å². The molecular weight excluding hydrogens is 242 g/mol. The van der Waals surface area contributed by atoms with Crippen molar-refractivity contribution in [3.63, 3.8) is 0 Å². The van der Waals surface area contributed by atoms with Crippen LogP contribution < -0.4 is 5.32 Å². The number of rotatable bonds is 0. The molecule has 0 radical (unpaired) electrons. The van der Waals surface area contributed by atoms with E-state index < -0.39 is 0 Å². The van der Waals surface area contributed by atoms with Gasteiger partial charge in [-0.3, -0.25) is 0 Å². The minimum Gasteiger partial charge on any atom is -0.313 e. The second-order valence-electron chi connectivity index (χ2n) is 9.44. The molecule has 1 heteroatoms. The molecule has 20 heavy (non-hydrogen) atoms. The zero-order valence-corrected chi connectivity index (χ0v) is 12.9. The fourth-order valence-corrected chi connectivity index (χ4v) is 9.22. The van der Waals surface area contributed by atoms with Crippen molar-refractivity contribution in [1.82, 2.24) is 5.32 Å². The first-order valence-corrected chi connectivity index (χ1v) is 9.54. The summed E-state index contributed by atoms with van der Waals surface area (Å²) >= 11 is 0. The third kappa shape index (κ3) is 1.03. The predicted molar refractivity (Wildman–Crippen MR) is 80.1 cm³/mol. The first kappa shape index (κ1) is 11.5. The van der Waals surface area contributed by atoms with Crippen molar-refractivity contribution in [3.8, 4) is 0 Å². The lowest BCUT2D eigenvalue weighted by atomic mass is 9.48. The summed E-state index contributed by atoms with van der Waals surface area (Å²) in [4.78, 5) is 0. The van der Waals surface area contributed by atoms with Crippen molar-refractivity contribution in [3.05, 3.63) is 0 Å². The quantitative estimate of drug-likeness (QED) is 0.708. The maximum Gasteiger partial charge on any atom is 0.0160 e. The van der Waals surface area contributed by atoms with Crippen molar-refractivity contribution in [1.29, 1.82) is 0 Å². The van der Waals surface area contributed by atoms with Crippen LogP contribution in [0.15, 0.2) is 0 Å². The first-order chi connectivity index (χ1) is 9.80. The van der Waals surface area contributed by atoms with Gasteiger partial charge in [-0.25, -0.2) is 0 Å². The van der Waals surface area contributed by atoms with E-state index in [-0.39, 0.29) is 0 Å². The monoisotopic (exact) mass is 271 g/mol. The SMILES string of the molecule is CC1[C@H]2CC[C@@H]3[C@H]4C[C@@H]5[C@H]6CCC[C@]5([C@H](C2)[C@H]13)[C@@H]4NC6. The highest BCUT2D eigenvalue weighted by Gasteiger charge is 2.72. The molecule has 7 bridgehead atoms. The fraction of sp³-hybridized carbons (Fsp3) is 1.00. The van der Waals surface area contributed by atoms with Crippen LogP contribution in [0.1, 0.15) is 51.9 Å². The minimum absolute atomic E-state index is 0.778. The van der Waals surface area contributed by atoms with E-state index in [0.29, 0.717) is 0 Å². The summed E-state index contributed by atoms with van der Waals surface area (Å²) in [6.45, 7) is 4.00. The number of hydrogen-bond donors (Lipinski definition) is 1. The van der Waals surface area contributed by atoms with Gasteiger partial charge in [-0.15, -0.1) is 0 Å². The molecule has 6 aliphatic rings. The summed E-state index contributed by atoms with van der Waals surface area (Å²) in [5.41, 5.74) is 0.778. The van der Waals surface area contributed by atoms with E-state index in [4.69, 9.17) is 0 Å². The van der Waals surface area contributed by atoms with E-state index in [1.807, 2.05) is 0 Å². The van der Waals surface area contributed by atoms with Gasteiger partial charge in [-0.2, -0.15) is 0 Å². The van der Waals surface area contributed by atoms with E-state index in [2.05, 4.69) is 12.2 Å². The lowest BCUT2D eigenvalue weighted by Crippen LogP contribution is -2.64. The molecule has 1 unspecified atom stereocenters. The Balaban J connectivity index is 1.55. The second kappa shape index (κ2) is 3.47. The van der Waals surface area contributed by atoms with Gasteiger partial charge in [0.05, 0.1) is 0 Å². The Bertz CT molecular complexity index is 459. The smallest absolute Gasteiger partial charge is 0.0160 e. The predicted octanol–water partition coefficient (Wildman–Crippen LogP) is 3.69. The number of piperidine rings is 1. The van der Waals surface area contributed by atoms with Crippen molar-refractivity contribution < 1.29 is 0 Å². The molecule has 1 heterocycles. The van der Waals surface area contributed by atoms with Gasteiger partial charge < -0.3 is 5.32 Å². The van der Waals surface area contributed by atoms with E-state index in [1.165, 1.54) is 6.54 Å². The molecule has 5 aliphatic carbocycles. The molecule has 6 fully saturated rings. The van der Waals surface area contributed by atoms with Crippen LogP contribution in [0.3, 0.4) is 0 Å². The van der Waals surface area contributed by atoms with Crippen molar-refractivity contribution >= 4 is 0 Å². The highest BCUT2D eigenvalue weighted by atomic mass is 15.0. The average molecular weight is 271 g/mol. The van der Waals surface area contributed by atoms with Crippen LogP contribution in [0.2, 0.25) is 0 Å².